The number of benzene rings is 13. The van der Waals surface area contributed by atoms with E-state index in [1.54, 1.807) is 0 Å². The molecule has 10 heteroatoms. The number of thiophene rings is 2. The van der Waals surface area contributed by atoms with Crippen molar-refractivity contribution in [3.05, 3.63) is 303 Å². The molecule has 4 aromatic heterocycles. The summed E-state index contributed by atoms with van der Waals surface area (Å²) in [6.45, 7) is -0.309. The Bertz CT molecular complexity index is 5480. The predicted molar refractivity (Wildman–Crippen MR) is 394 cm³/mol. The molecule has 6 nitrogen and oxygen atoms in total. The second-order valence-corrected chi connectivity index (χ2v) is 26.8. The van der Waals surface area contributed by atoms with Gasteiger partial charge in [0.2, 0.25) is 0 Å². The zero-order valence-electron chi connectivity index (χ0n) is 49.5. The summed E-state index contributed by atoms with van der Waals surface area (Å²) >= 11 is 3.90. The summed E-state index contributed by atoms with van der Waals surface area (Å²) in [4.78, 5) is 10.5. The molecular weight excluding hydrogens is 1150 g/mol. The van der Waals surface area contributed by atoms with Crippen molar-refractivity contribution >= 4 is 200 Å². The Morgan fingerprint density at radius 1 is 0.228 bits per heavy atom. The molecule has 0 unspecified atom stereocenters. The molecule has 426 valence electrons. The predicted octanol–water partition coefficient (Wildman–Crippen LogP) is 18.5. The van der Waals surface area contributed by atoms with Gasteiger partial charge in [-0.25, -0.2) is 0 Å². The van der Waals surface area contributed by atoms with Gasteiger partial charge >= 0.3 is 0 Å². The third-order valence-electron chi connectivity index (χ3n) is 20.0. The van der Waals surface area contributed by atoms with Gasteiger partial charge in [0, 0.05) is 108 Å². The Morgan fingerprint density at radius 2 is 0.500 bits per heavy atom. The monoisotopic (exact) mass is 1200 g/mol. The van der Waals surface area contributed by atoms with Crippen molar-refractivity contribution in [3.8, 4) is 11.4 Å². The van der Waals surface area contributed by atoms with Crippen molar-refractivity contribution in [2.24, 2.45) is 0 Å². The summed E-state index contributed by atoms with van der Waals surface area (Å²) < 4.78 is 10.2. The fourth-order valence-corrected chi connectivity index (χ4v) is 19.0. The van der Waals surface area contributed by atoms with Crippen LogP contribution in [-0.2, 0) is 0 Å². The summed E-state index contributed by atoms with van der Waals surface area (Å²) in [5.74, 6) is 0. The average Bonchev–Trinajstić information content (AvgIpc) is 1.11. The Morgan fingerprint density at radius 3 is 0.837 bits per heavy atom. The van der Waals surface area contributed by atoms with Crippen LogP contribution in [0.1, 0.15) is 0 Å². The van der Waals surface area contributed by atoms with Crippen LogP contribution in [0.15, 0.2) is 303 Å². The zero-order chi connectivity index (χ0) is 59.9. The molecule has 92 heavy (non-hydrogen) atoms. The first kappa shape index (κ1) is 50.6. The van der Waals surface area contributed by atoms with E-state index in [1.165, 1.54) is 141 Å². The first-order valence-corrected chi connectivity index (χ1v) is 33.3. The third-order valence-corrected chi connectivity index (χ3v) is 22.4. The van der Waals surface area contributed by atoms with Crippen LogP contribution in [0.3, 0.4) is 0 Å². The highest BCUT2D eigenvalue weighted by Crippen LogP contribution is 2.53. The standard InChI is InChI=1S/C82H50B2N6S2/c1-5-25-51(26-6-1)85-69-49-64-70(50-63(69)83-77-71(85)45-55(87-65-39-19-13-33-57(65)58-34-14-20-40-66(58)87)47-73(77)89(53-29-9-3-10-30-53)79-61-37-17-23-43-75(61)91-81(79)83)86(52-27-7-2-8-28-52)72-46-56(88-67-41-21-15-35-59(67)60-36-16-22-42-68(60)88)48-74-78(72)84(64)82-80(62-38-18-24-44-76(62)92-82)90(74)54-31-11-4-12-32-54/h1-50H. The number of anilines is 12. The summed E-state index contributed by atoms with van der Waals surface area (Å²) in [7, 11) is 0. The van der Waals surface area contributed by atoms with Crippen LogP contribution in [0, 0.1) is 0 Å². The first-order valence-electron chi connectivity index (χ1n) is 31.6. The van der Waals surface area contributed by atoms with Gasteiger partial charge in [-0.3, -0.25) is 0 Å². The molecule has 4 aliphatic rings. The second kappa shape index (κ2) is 19.1. The number of para-hydroxylation sites is 8. The highest BCUT2D eigenvalue weighted by atomic mass is 32.1. The van der Waals surface area contributed by atoms with E-state index >= 15 is 0 Å². The summed E-state index contributed by atoms with van der Waals surface area (Å²) in [5.41, 5.74) is 26.0. The quantitative estimate of drug-likeness (QED) is 0.155. The van der Waals surface area contributed by atoms with Crippen LogP contribution in [0.25, 0.3) is 75.2 Å². The van der Waals surface area contributed by atoms with E-state index in [4.69, 9.17) is 0 Å². The molecule has 0 bridgehead atoms. The molecule has 13 aromatic carbocycles. The number of hydrogen-bond acceptors (Lipinski definition) is 6. The van der Waals surface area contributed by atoms with Gasteiger partial charge in [0.05, 0.1) is 44.8 Å². The molecule has 0 spiro atoms. The van der Waals surface area contributed by atoms with E-state index in [-0.39, 0.29) is 13.4 Å². The molecule has 0 fully saturated rings. The van der Waals surface area contributed by atoms with Crippen molar-refractivity contribution in [1.29, 1.82) is 0 Å². The third kappa shape index (κ3) is 6.89. The minimum absolute atomic E-state index is 0.154. The summed E-state index contributed by atoms with van der Waals surface area (Å²) in [6.07, 6.45) is 0. The second-order valence-electron chi connectivity index (χ2n) is 24.7. The van der Waals surface area contributed by atoms with E-state index in [1.807, 2.05) is 22.7 Å². The van der Waals surface area contributed by atoms with Gasteiger partial charge in [0.15, 0.2) is 0 Å². The van der Waals surface area contributed by atoms with Gasteiger partial charge in [-0.05, 0) is 143 Å². The van der Waals surface area contributed by atoms with Gasteiger partial charge in [-0.2, -0.15) is 0 Å². The largest absolute Gasteiger partial charge is 0.311 e. The van der Waals surface area contributed by atoms with Crippen molar-refractivity contribution in [2.45, 2.75) is 0 Å². The highest BCUT2D eigenvalue weighted by Gasteiger charge is 2.50. The maximum atomic E-state index is 2.64. The first-order chi connectivity index (χ1) is 45.7. The Hall–Kier alpha value is -11.3. The lowest BCUT2D eigenvalue weighted by atomic mass is 9.33. The van der Waals surface area contributed by atoms with E-state index < -0.39 is 0 Å². The normalized spacial score (nSPS) is 13.5. The maximum absolute atomic E-state index is 2.64. The fraction of sp³-hybridized carbons (Fsp3) is 0. The molecule has 4 aliphatic heterocycles. The van der Waals surface area contributed by atoms with Crippen molar-refractivity contribution < 1.29 is 0 Å². The zero-order valence-corrected chi connectivity index (χ0v) is 51.2. The Kier molecular flexibility index (Phi) is 10.5. The minimum atomic E-state index is -0.154. The van der Waals surface area contributed by atoms with Crippen LogP contribution >= 0.6 is 22.7 Å². The molecule has 0 saturated heterocycles. The van der Waals surface area contributed by atoms with Crippen molar-refractivity contribution in [1.82, 2.24) is 9.13 Å². The number of nitrogens with zero attached hydrogens (tertiary/aromatic N) is 6. The van der Waals surface area contributed by atoms with Crippen LogP contribution in [0.4, 0.5) is 68.2 Å². The lowest BCUT2D eigenvalue weighted by molar-refractivity contribution is 1.16. The summed E-state index contributed by atoms with van der Waals surface area (Å²) in [6, 6.07) is 114. The van der Waals surface area contributed by atoms with Crippen molar-refractivity contribution in [2.75, 3.05) is 19.6 Å². The number of hydrogen-bond donors (Lipinski definition) is 0. The molecule has 0 radical (unpaired) electrons. The van der Waals surface area contributed by atoms with E-state index in [0.717, 1.165) is 34.1 Å². The topological polar surface area (TPSA) is 22.8 Å². The Balaban J connectivity index is 0.921. The van der Waals surface area contributed by atoms with Gasteiger partial charge in [0.1, 0.15) is 0 Å². The van der Waals surface area contributed by atoms with Crippen LogP contribution < -0.4 is 51.0 Å². The number of fused-ring (bicyclic) bond motifs is 18. The van der Waals surface area contributed by atoms with E-state index in [2.05, 4.69) is 332 Å². The minimum Gasteiger partial charge on any atom is -0.311 e. The van der Waals surface area contributed by atoms with Gasteiger partial charge in [-0.15, -0.1) is 22.7 Å². The average molecular weight is 1210 g/mol. The van der Waals surface area contributed by atoms with Crippen molar-refractivity contribution in [3.63, 3.8) is 0 Å². The highest BCUT2D eigenvalue weighted by molar-refractivity contribution is 7.34. The molecule has 17 aromatic rings. The molecule has 0 saturated carbocycles. The van der Waals surface area contributed by atoms with E-state index in [0.29, 0.717) is 0 Å². The fourth-order valence-electron chi connectivity index (χ4n) is 16.4. The molecular formula is C82H50B2N6S2. The van der Waals surface area contributed by atoms with Crippen LogP contribution in [0.2, 0.25) is 0 Å². The Labute approximate surface area is 539 Å². The lowest BCUT2D eigenvalue weighted by Crippen LogP contribution is -2.63. The summed E-state index contributed by atoms with van der Waals surface area (Å²) in [5, 5.41) is 7.45. The molecule has 0 atom stereocenters. The number of rotatable bonds is 6. The maximum Gasteiger partial charge on any atom is 0.264 e. The van der Waals surface area contributed by atoms with Crippen LogP contribution in [-0.4, -0.2) is 22.6 Å². The molecule has 0 aliphatic carbocycles. The number of aromatic nitrogens is 2. The molecule has 21 rings (SSSR count). The van der Waals surface area contributed by atoms with Gasteiger partial charge in [-0.1, -0.05) is 182 Å². The SMILES string of the molecule is c1ccc(N2c3cc4c(cc3B3c5sc6ccccc6c5N(c5ccccc5)c5cc(-n6c7ccccc7c7ccccc76)cc2c53)N(c2ccccc2)c2cc(-n3c5ccccc5c5ccccc53)cc3c2B4c2sc4ccccc4c2N3c2ccccc2)cc1. The van der Waals surface area contributed by atoms with Gasteiger partial charge < -0.3 is 28.7 Å². The van der Waals surface area contributed by atoms with E-state index in [9.17, 15) is 0 Å². The van der Waals surface area contributed by atoms with Crippen LogP contribution in [0.5, 0.6) is 0 Å². The molecule has 0 N–H and O–H groups in total. The smallest absolute Gasteiger partial charge is 0.264 e. The molecule has 0 amide bonds. The lowest BCUT2D eigenvalue weighted by Gasteiger charge is -2.46. The molecule has 8 heterocycles. The van der Waals surface area contributed by atoms with Gasteiger partial charge in [0.25, 0.3) is 13.4 Å².